The van der Waals surface area contributed by atoms with Crippen molar-refractivity contribution in [2.45, 2.75) is 34.8 Å². The van der Waals surface area contributed by atoms with Crippen LogP contribution in [0.1, 0.15) is 20.3 Å². The van der Waals surface area contributed by atoms with E-state index < -0.39 is 0 Å². The highest BCUT2D eigenvalue weighted by atomic mass is 32.2. The topological polar surface area (TPSA) is 54.9 Å². The molecule has 112 valence electrons. The normalized spacial score (nSPS) is 12.1. The highest BCUT2D eigenvalue weighted by Crippen LogP contribution is 2.27. The number of nitrogens with one attached hydrogen (secondary N) is 1. The van der Waals surface area contributed by atoms with Gasteiger partial charge in [-0.2, -0.15) is 0 Å². The molecule has 0 bridgehead atoms. The van der Waals surface area contributed by atoms with Gasteiger partial charge in [0.05, 0.1) is 5.25 Å². The summed E-state index contributed by atoms with van der Waals surface area (Å²) < 4.78 is 0.899. The zero-order valence-corrected chi connectivity index (χ0v) is 14.4. The van der Waals surface area contributed by atoms with E-state index in [2.05, 4.69) is 22.4 Å². The smallest absolute Gasteiger partial charge is 0.239 e. The molecule has 21 heavy (non-hydrogen) atoms. The molecule has 0 fully saturated rings. The summed E-state index contributed by atoms with van der Waals surface area (Å²) in [4.78, 5) is 13.2. The molecule has 0 radical (unpaired) electrons. The van der Waals surface area contributed by atoms with Crippen molar-refractivity contribution in [2.24, 2.45) is 0 Å². The molecule has 1 N–H and O–H groups in total. The molecule has 1 heterocycles. The zero-order valence-electron chi connectivity index (χ0n) is 11.9. The van der Waals surface area contributed by atoms with Gasteiger partial charge in [0, 0.05) is 10.6 Å². The first kappa shape index (κ1) is 16.3. The van der Waals surface area contributed by atoms with E-state index in [4.69, 9.17) is 0 Å². The average Bonchev–Trinajstić information content (AvgIpc) is 2.93. The fraction of sp³-hybridized carbons (Fsp3) is 0.357. The van der Waals surface area contributed by atoms with Crippen LogP contribution >= 0.6 is 34.9 Å². The summed E-state index contributed by atoms with van der Waals surface area (Å²) >= 11 is 4.62. The van der Waals surface area contributed by atoms with Gasteiger partial charge in [-0.1, -0.05) is 48.2 Å². The maximum atomic E-state index is 12.1. The van der Waals surface area contributed by atoms with E-state index in [0.717, 1.165) is 21.4 Å². The van der Waals surface area contributed by atoms with Crippen LogP contribution in [0.25, 0.3) is 0 Å². The molecule has 0 unspecified atom stereocenters. The van der Waals surface area contributed by atoms with Gasteiger partial charge in [-0.25, -0.2) is 0 Å². The standard InChI is InChI=1S/C14H17N3OS3/c1-3-9-19-14-17-16-13(21-14)15-12(18)10(2)20-11-7-5-4-6-8-11/h4-8,10H,3,9H2,1-2H3,(H,15,16,18)/t10-/m0/s1. The maximum absolute atomic E-state index is 12.1. The molecule has 4 nitrogen and oxygen atoms in total. The Hall–Kier alpha value is -1.05. The number of thioether (sulfide) groups is 2. The molecule has 0 aliphatic carbocycles. The minimum Gasteiger partial charge on any atom is -0.300 e. The van der Waals surface area contributed by atoms with E-state index in [1.54, 1.807) is 11.8 Å². The van der Waals surface area contributed by atoms with Crippen LogP contribution in [0.15, 0.2) is 39.6 Å². The predicted octanol–water partition coefficient (Wildman–Crippen LogP) is 4.16. The van der Waals surface area contributed by atoms with Crippen molar-refractivity contribution < 1.29 is 4.79 Å². The number of hydrogen-bond donors (Lipinski definition) is 1. The number of anilines is 1. The first-order valence-corrected chi connectivity index (χ1v) is 9.36. The summed E-state index contributed by atoms with van der Waals surface area (Å²) in [6.45, 7) is 4.01. The van der Waals surface area contributed by atoms with Crippen LogP contribution in [0.4, 0.5) is 5.13 Å². The Balaban J connectivity index is 1.87. The van der Waals surface area contributed by atoms with Gasteiger partial charge < -0.3 is 0 Å². The van der Waals surface area contributed by atoms with Crippen LogP contribution in [-0.2, 0) is 4.79 Å². The minimum absolute atomic E-state index is 0.0490. The molecule has 0 saturated heterocycles. The van der Waals surface area contributed by atoms with E-state index >= 15 is 0 Å². The maximum Gasteiger partial charge on any atom is 0.239 e. The second-order valence-electron chi connectivity index (χ2n) is 4.28. The third-order valence-corrected chi connectivity index (χ3v) is 5.78. The van der Waals surface area contributed by atoms with Crippen LogP contribution in [0.5, 0.6) is 0 Å². The third-order valence-electron chi connectivity index (χ3n) is 2.49. The van der Waals surface area contributed by atoms with Crippen molar-refractivity contribution in [3.8, 4) is 0 Å². The average molecular weight is 340 g/mol. The summed E-state index contributed by atoms with van der Waals surface area (Å²) in [6, 6.07) is 9.90. The lowest BCUT2D eigenvalue weighted by Crippen LogP contribution is -2.22. The van der Waals surface area contributed by atoms with E-state index in [1.165, 1.54) is 23.1 Å². The van der Waals surface area contributed by atoms with Gasteiger partial charge in [0.15, 0.2) is 4.34 Å². The molecule has 0 saturated carbocycles. The van der Waals surface area contributed by atoms with Crippen LogP contribution in [0.3, 0.4) is 0 Å². The Morgan fingerprint density at radius 1 is 1.33 bits per heavy atom. The number of nitrogens with zero attached hydrogens (tertiary/aromatic N) is 2. The zero-order chi connectivity index (χ0) is 15.1. The van der Waals surface area contributed by atoms with Crippen molar-refractivity contribution in [3.05, 3.63) is 30.3 Å². The third kappa shape index (κ3) is 5.33. The second kappa shape index (κ2) is 8.41. The predicted molar refractivity (Wildman–Crippen MR) is 91.3 cm³/mol. The largest absolute Gasteiger partial charge is 0.300 e. The minimum atomic E-state index is -0.178. The van der Waals surface area contributed by atoms with Crippen molar-refractivity contribution in [2.75, 3.05) is 11.1 Å². The molecule has 0 aliphatic rings. The Morgan fingerprint density at radius 2 is 2.10 bits per heavy atom. The molecule has 0 spiro atoms. The fourth-order valence-corrected chi connectivity index (χ4v) is 4.04. The summed E-state index contributed by atoms with van der Waals surface area (Å²) in [5.74, 6) is 0.968. The lowest BCUT2D eigenvalue weighted by Gasteiger charge is -2.09. The summed E-state index contributed by atoms with van der Waals surface area (Å²) in [6.07, 6.45) is 1.09. The second-order valence-corrected chi connectivity index (χ2v) is 8.02. The number of hydrogen-bond acceptors (Lipinski definition) is 6. The molecule has 7 heteroatoms. The lowest BCUT2D eigenvalue weighted by molar-refractivity contribution is -0.115. The van der Waals surface area contributed by atoms with Gasteiger partial charge in [-0.3, -0.25) is 10.1 Å². The van der Waals surface area contributed by atoms with Gasteiger partial charge in [0.25, 0.3) is 0 Å². The first-order valence-electron chi connectivity index (χ1n) is 6.68. The molecule has 1 aromatic heterocycles. The van der Waals surface area contributed by atoms with Crippen molar-refractivity contribution >= 4 is 45.9 Å². The molecular weight excluding hydrogens is 322 g/mol. The van der Waals surface area contributed by atoms with Crippen LogP contribution in [0.2, 0.25) is 0 Å². The van der Waals surface area contributed by atoms with Crippen molar-refractivity contribution in [3.63, 3.8) is 0 Å². The number of rotatable bonds is 7. The quantitative estimate of drug-likeness (QED) is 0.606. The van der Waals surface area contributed by atoms with Crippen LogP contribution in [-0.4, -0.2) is 27.1 Å². The van der Waals surface area contributed by atoms with Crippen molar-refractivity contribution in [1.82, 2.24) is 10.2 Å². The van der Waals surface area contributed by atoms with Gasteiger partial charge >= 0.3 is 0 Å². The van der Waals surface area contributed by atoms with Crippen LogP contribution < -0.4 is 5.32 Å². The SMILES string of the molecule is CCCSc1nnc(NC(=O)[C@H](C)Sc2ccccc2)s1. The van der Waals surface area contributed by atoms with E-state index in [0.29, 0.717) is 5.13 Å². The van der Waals surface area contributed by atoms with Gasteiger partial charge in [0.1, 0.15) is 0 Å². The van der Waals surface area contributed by atoms with E-state index in [1.807, 2.05) is 37.3 Å². The van der Waals surface area contributed by atoms with Crippen molar-refractivity contribution in [1.29, 1.82) is 0 Å². The Bertz CT molecular complexity index is 574. The molecule has 1 amide bonds. The molecule has 0 aliphatic heterocycles. The summed E-state index contributed by atoms with van der Waals surface area (Å²) in [5.41, 5.74) is 0. The first-order chi connectivity index (χ1) is 10.2. The summed E-state index contributed by atoms with van der Waals surface area (Å²) in [7, 11) is 0. The molecular formula is C14H17N3OS3. The number of carbonyl (C=O) groups excluding carboxylic acids is 1. The molecule has 2 aromatic rings. The van der Waals surface area contributed by atoms with Gasteiger partial charge in [-0.15, -0.1) is 22.0 Å². The molecule has 1 atom stereocenters. The van der Waals surface area contributed by atoms with E-state index in [-0.39, 0.29) is 11.2 Å². The van der Waals surface area contributed by atoms with E-state index in [9.17, 15) is 4.79 Å². The molecule has 2 rings (SSSR count). The monoisotopic (exact) mass is 339 g/mol. The number of aromatic nitrogens is 2. The number of amides is 1. The fourth-order valence-electron chi connectivity index (χ4n) is 1.47. The van der Waals surface area contributed by atoms with Crippen LogP contribution in [0, 0.1) is 0 Å². The Kier molecular flexibility index (Phi) is 6.53. The highest BCUT2D eigenvalue weighted by molar-refractivity contribution is 8.01. The number of carbonyl (C=O) groups is 1. The Morgan fingerprint density at radius 3 is 2.81 bits per heavy atom. The highest BCUT2D eigenvalue weighted by Gasteiger charge is 2.16. The van der Waals surface area contributed by atoms with Gasteiger partial charge in [-0.05, 0) is 25.5 Å². The van der Waals surface area contributed by atoms with Gasteiger partial charge in [0.2, 0.25) is 11.0 Å². The summed E-state index contributed by atoms with van der Waals surface area (Å²) in [5, 5.41) is 11.3. The number of benzene rings is 1. The Labute approximate surface area is 137 Å². The molecule has 1 aromatic carbocycles. The lowest BCUT2D eigenvalue weighted by atomic mass is 10.4.